The maximum atomic E-state index is 5.40. The summed E-state index contributed by atoms with van der Waals surface area (Å²) in [6, 6.07) is 0. The summed E-state index contributed by atoms with van der Waals surface area (Å²) in [5, 5.41) is 0. The molecule has 0 fully saturated rings. The molecule has 0 amide bonds. The number of aliphatic imine (C=N–C) groups is 1. The van der Waals surface area contributed by atoms with Crippen molar-refractivity contribution in [3.05, 3.63) is 0 Å². The summed E-state index contributed by atoms with van der Waals surface area (Å²) >= 11 is 0. The van der Waals surface area contributed by atoms with Gasteiger partial charge in [-0.25, -0.2) is 4.99 Å². The number of rotatable bonds is 4. The normalized spacial score (nSPS) is 13.1. The lowest BCUT2D eigenvalue weighted by Crippen LogP contribution is -2.34. The molecular formula is C11H25N3. The van der Waals surface area contributed by atoms with Crippen molar-refractivity contribution >= 4 is 5.96 Å². The van der Waals surface area contributed by atoms with E-state index < -0.39 is 0 Å². The highest BCUT2D eigenvalue weighted by molar-refractivity contribution is 5.76. The van der Waals surface area contributed by atoms with Crippen LogP contribution in [0.1, 0.15) is 48.0 Å². The summed E-state index contributed by atoms with van der Waals surface area (Å²) in [6.07, 6.45) is 0.982. The van der Waals surface area contributed by atoms with Crippen molar-refractivity contribution in [2.75, 3.05) is 0 Å². The van der Waals surface area contributed by atoms with E-state index in [2.05, 4.69) is 46.5 Å². The molecule has 14 heavy (non-hydrogen) atoms. The Morgan fingerprint density at radius 1 is 1.14 bits per heavy atom. The molecule has 0 bridgehead atoms. The number of nitrogens with two attached hydrogens (primary N) is 2. The maximum absolute atomic E-state index is 5.40. The zero-order chi connectivity index (χ0) is 11.6. The summed E-state index contributed by atoms with van der Waals surface area (Å²) in [7, 11) is 0. The van der Waals surface area contributed by atoms with Gasteiger partial charge in [-0.1, -0.05) is 27.7 Å². The average molecular weight is 199 g/mol. The fraction of sp³-hybridized carbons (Fsp3) is 0.909. The Balaban J connectivity index is 4.58. The first-order chi connectivity index (χ1) is 6.07. The minimum absolute atomic E-state index is 0.174. The minimum Gasteiger partial charge on any atom is -0.370 e. The van der Waals surface area contributed by atoms with E-state index in [0.29, 0.717) is 5.92 Å². The smallest absolute Gasteiger partial charge is 0.186 e. The highest BCUT2D eigenvalue weighted by Crippen LogP contribution is 2.36. The quantitative estimate of drug-likeness (QED) is 0.538. The van der Waals surface area contributed by atoms with Crippen molar-refractivity contribution in [1.82, 2.24) is 0 Å². The van der Waals surface area contributed by atoms with E-state index in [0.717, 1.165) is 6.42 Å². The van der Waals surface area contributed by atoms with Crippen molar-refractivity contribution in [3.63, 3.8) is 0 Å². The van der Waals surface area contributed by atoms with Gasteiger partial charge >= 0.3 is 0 Å². The third-order valence-electron chi connectivity index (χ3n) is 2.88. The third kappa shape index (κ3) is 4.49. The summed E-state index contributed by atoms with van der Waals surface area (Å²) < 4.78 is 0. The molecule has 3 heteroatoms. The summed E-state index contributed by atoms with van der Waals surface area (Å²) in [5.74, 6) is 0.797. The second-order valence-electron chi connectivity index (χ2n) is 5.67. The number of nitrogens with zero attached hydrogens (tertiary/aromatic N) is 1. The van der Waals surface area contributed by atoms with Crippen molar-refractivity contribution in [1.29, 1.82) is 0 Å². The van der Waals surface area contributed by atoms with Gasteiger partial charge in [0.25, 0.3) is 0 Å². The van der Waals surface area contributed by atoms with Gasteiger partial charge in [-0.15, -0.1) is 0 Å². The molecular weight excluding hydrogens is 174 g/mol. The van der Waals surface area contributed by atoms with E-state index in [9.17, 15) is 0 Å². The highest BCUT2D eigenvalue weighted by Gasteiger charge is 2.30. The Morgan fingerprint density at radius 3 is 1.86 bits per heavy atom. The van der Waals surface area contributed by atoms with Crippen molar-refractivity contribution in [2.45, 2.75) is 53.5 Å². The van der Waals surface area contributed by atoms with E-state index in [1.807, 2.05) is 0 Å². The first kappa shape index (κ1) is 13.3. The van der Waals surface area contributed by atoms with Gasteiger partial charge in [0.1, 0.15) is 0 Å². The Bertz CT molecular complexity index is 211. The first-order valence-electron chi connectivity index (χ1n) is 5.18. The van der Waals surface area contributed by atoms with Crippen LogP contribution in [0.2, 0.25) is 0 Å². The van der Waals surface area contributed by atoms with Gasteiger partial charge in [-0.3, -0.25) is 0 Å². The van der Waals surface area contributed by atoms with E-state index in [-0.39, 0.29) is 16.9 Å². The molecule has 0 saturated heterocycles. The fourth-order valence-corrected chi connectivity index (χ4v) is 1.71. The van der Waals surface area contributed by atoms with Crippen LogP contribution in [0.5, 0.6) is 0 Å². The molecule has 0 atom stereocenters. The van der Waals surface area contributed by atoms with Gasteiger partial charge in [0.05, 0.1) is 5.54 Å². The largest absolute Gasteiger partial charge is 0.370 e. The molecule has 0 rings (SSSR count). The van der Waals surface area contributed by atoms with Crippen LogP contribution in [-0.2, 0) is 0 Å². The molecule has 0 unspecified atom stereocenters. The van der Waals surface area contributed by atoms with E-state index >= 15 is 0 Å². The number of hydrogen-bond donors (Lipinski definition) is 2. The summed E-state index contributed by atoms with van der Waals surface area (Å²) in [5.41, 5.74) is 10.9. The van der Waals surface area contributed by atoms with Crippen LogP contribution in [0, 0.1) is 11.3 Å². The molecule has 0 saturated carbocycles. The lowest BCUT2D eigenvalue weighted by molar-refractivity contribution is 0.184. The lowest BCUT2D eigenvalue weighted by atomic mass is 9.73. The average Bonchev–Trinajstić information content (AvgIpc) is 1.79. The molecule has 3 nitrogen and oxygen atoms in total. The number of hydrogen-bond acceptors (Lipinski definition) is 1. The molecule has 0 heterocycles. The monoisotopic (exact) mass is 199 g/mol. The number of guanidine groups is 1. The standard InChI is InChI=1S/C11H25N3/c1-8(2)10(3,4)7-11(5,6)14-9(12)13/h8H,7H2,1-6H3,(H4,12,13,14). The van der Waals surface area contributed by atoms with Gasteiger partial charge in [0.2, 0.25) is 0 Å². The van der Waals surface area contributed by atoms with Gasteiger partial charge in [-0.05, 0) is 31.6 Å². The van der Waals surface area contributed by atoms with E-state index in [1.54, 1.807) is 0 Å². The predicted octanol–water partition coefficient (Wildman–Crippen LogP) is 2.11. The second-order valence-corrected chi connectivity index (χ2v) is 5.67. The summed E-state index contributed by atoms with van der Waals surface area (Å²) in [4.78, 5) is 4.25. The molecule has 0 aliphatic heterocycles. The molecule has 0 aliphatic rings. The molecule has 0 spiro atoms. The van der Waals surface area contributed by atoms with Crippen LogP contribution in [0.4, 0.5) is 0 Å². The van der Waals surface area contributed by atoms with Crippen LogP contribution in [0.25, 0.3) is 0 Å². The van der Waals surface area contributed by atoms with Gasteiger partial charge < -0.3 is 11.5 Å². The van der Waals surface area contributed by atoms with Gasteiger partial charge in [0.15, 0.2) is 5.96 Å². The SMILES string of the molecule is CC(C)C(C)(C)CC(C)(C)N=C(N)N. The van der Waals surface area contributed by atoms with Crippen LogP contribution >= 0.6 is 0 Å². The summed E-state index contributed by atoms with van der Waals surface area (Å²) in [6.45, 7) is 13.1. The van der Waals surface area contributed by atoms with Crippen LogP contribution in [0.3, 0.4) is 0 Å². The zero-order valence-corrected chi connectivity index (χ0v) is 10.4. The van der Waals surface area contributed by atoms with Crippen LogP contribution in [0.15, 0.2) is 4.99 Å². The molecule has 4 N–H and O–H groups in total. The van der Waals surface area contributed by atoms with Gasteiger partial charge in [-0.2, -0.15) is 0 Å². The first-order valence-corrected chi connectivity index (χ1v) is 5.18. The molecule has 0 aromatic carbocycles. The van der Waals surface area contributed by atoms with E-state index in [1.165, 1.54) is 0 Å². The van der Waals surface area contributed by atoms with Crippen molar-refractivity contribution in [2.24, 2.45) is 27.8 Å². The lowest BCUT2D eigenvalue weighted by Gasteiger charge is -2.35. The Kier molecular flexibility index (Phi) is 3.98. The maximum Gasteiger partial charge on any atom is 0.186 e. The minimum atomic E-state index is -0.174. The predicted molar refractivity (Wildman–Crippen MR) is 63.1 cm³/mol. The van der Waals surface area contributed by atoms with Crippen molar-refractivity contribution in [3.8, 4) is 0 Å². The second kappa shape index (κ2) is 4.20. The molecule has 84 valence electrons. The Labute approximate surface area is 88.0 Å². The highest BCUT2D eigenvalue weighted by atomic mass is 15.0. The molecule has 0 aromatic heterocycles. The third-order valence-corrected chi connectivity index (χ3v) is 2.88. The van der Waals surface area contributed by atoms with Crippen LogP contribution < -0.4 is 11.5 Å². The molecule has 0 aliphatic carbocycles. The van der Waals surface area contributed by atoms with E-state index in [4.69, 9.17) is 11.5 Å². The Hall–Kier alpha value is -0.730. The fourth-order valence-electron chi connectivity index (χ4n) is 1.71. The van der Waals surface area contributed by atoms with Crippen LogP contribution in [-0.4, -0.2) is 11.5 Å². The topological polar surface area (TPSA) is 64.4 Å². The zero-order valence-electron chi connectivity index (χ0n) is 10.4. The van der Waals surface area contributed by atoms with Crippen molar-refractivity contribution < 1.29 is 0 Å². The van der Waals surface area contributed by atoms with Gasteiger partial charge in [0, 0.05) is 0 Å². The Morgan fingerprint density at radius 2 is 1.57 bits per heavy atom. The molecule has 0 radical (unpaired) electrons. The molecule has 0 aromatic rings.